The Morgan fingerprint density at radius 1 is 1.24 bits per heavy atom. The summed E-state index contributed by atoms with van der Waals surface area (Å²) in [5.74, 6) is 2.34. The molecule has 1 saturated heterocycles. The minimum atomic E-state index is 0.0331. The molecule has 29 heavy (non-hydrogen) atoms. The van der Waals surface area contributed by atoms with Crippen molar-refractivity contribution in [3.63, 3.8) is 0 Å². The average molecular weight is 412 g/mol. The van der Waals surface area contributed by atoms with E-state index < -0.39 is 0 Å². The maximum absolute atomic E-state index is 12.9. The van der Waals surface area contributed by atoms with Gasteiger partial charge in [-0.1, -0.05) is 37.6 Å². The number of carbonyl (C=O) groups excluding carboxylic acids is 1. The number of benzene rings is 2. The third-order valence-corrected chi connectivity index (χ3v) is 5.77. The summed E-state index contributed by atoms with van der Waals surface area (Å²) in [6, 6.07) is 13.6. The van der Waals surface area contributed by atoms with Crippen molar-refractivity contribution in [1.29, 1.82) is 0 Å². The minimum absolute atomic E-state index is 0.0331. The van der Waals surface area contributed by atoms with Crippen LogP contribution >= 0.6 is 11.6 Å². The van der Waals surface area contributed by atoms with Gasteiger partial charge in [-0.2, -0.15) is 0 Å². The zero-order valence-electron chi connectivity index (χ0n) is 17.1. The molecule has 4 rings (SSSR count). The van der Waals surface area contributed by atoms with E-state index in [9.17, 15) is 4.79 Å². The van der Waals surface area contributed by atoms with E-state index in [4.69, 9.17) is 21.3 Å². The van der Waals surface area contributed by atoms with E-state index in [1.54, 1.807) is 30.2 Å². The summed E-state index contributed by atoms with van der Waals surface area (Å²) < 4.78 is 7.76. The van der Waals surface area contributed by atoms with E-state index in [2.05, 4.69) is 24.5 Å². The van der Waals surface area contributed by atoms with Crippen LogP contribution in [0.2, 0.25) is 5.02 Å². The lowest BCUT2D eigenvalue weighted by molar-refractivity contribution is -0.117. The van der Waals surface area contributed by atoms with E-state index in [-0.39, 0.29) is 11.8 Å². The zero-order chi connectivity index (χ0) is 20.5. The number of carbonyl (C=O) groups is 1. The summed E-state index contributed by atoms with van der Waals surface area (Å²) in [6.45, 7) is 5.93. The van der Waals surface area contributed by atoms with Crippen molar-refractivity contribution in [2.45, 2.75) is 39.2 Å². The largest absolute Gasteiger partial charge is 0.495 e. The Kier molecular flexibility index (Phi) is 5.50. The summed E-state index contributed by atoms with van der Waals surface area (Å²) >= 11 is 6.19. The van der Waals surface area contributed by atoms with Crippen LogP contribution in [0.15, 0.2) is 42.5 Å². The van der Waals surface area contributed by atoms with Gasteiger partial charge >= 0.3 is 0 Å². The number of imidazole rings is 1. The Labute approximate surface area is 176 Å². The molecule has 3 aromatic rings. The lowest BCUT2D eigenvalue weighted by atomic mass is 10.1. The number of hydrogen-bond donors (Lipinski definition) is 0. The van der Waals surface area contributed by atoms with Crippen LogP contribution in [-0.2, 0) is 11.3 Å². The normalized spacial score (nSPS) is 16.9. The lowest BCUT2D eigenvalue weighted by Gasteiger charge is -2.20. The number of nitrogens with zero attached hydrogens (tertiary/aromatic N) is 3. The molecule has 6 heteroatoms. The number of para-hydroxylation sites is 2. The minimum Gasteiger partial charge on any atom is -0.495 e. The Morgan fingerprint density at radius 2 is 2.03 bits per heavy atom. The summed E-state index contributed by atoms with van der Waals surface area (Å²) in [7, 11) is 1.61. The number of hydrogen-bond acceptors (Lipinski definition) is 3. The maximum Gasteiger partial charge on any atom is 0.227 e. The molecule has 1 atom stereocenters. The van der Waals surface area contributed by atoms with Gasteiger partial charge in [-0.25, -0.2) is 4.98 Å². The van der Waals surface area contributed by atoms with E-state index in [0.717, 1.165) is 35.5 Å². The first-order valence-electron chi connectivity index (χ1n) is 10.1. The number of halogens is 1. The van der Waals surface area contributed by atoms with Crippen LogP contribution in [0.5, 0.6) is 5.75 Å². The Morgan fingerprint density at radius 3 is 2.79 bits per heavy atom. The molecular weight excluding hydrogens is 386 g/mol. The third kappa shape index (κ3) is 3.84. The van der Waals surface area contributed by atoms with Gasteiger partial charge in [-0.15, -0.1) is 0 Å². The molecule has 1 aromatic heterocycles. The smallest absolute Gasteiger partial charge is 0.227 e. The first kappa shape index (κ1) is 19.8. The number of rotatable bonds is 6. The van der Waals surface area contributed by atoms with Crippen molar-refractivity contribution in [3.8, 4) is 5.75 Å². The molecule has 0 aliphatic carbocycles. The SMILES string of the molecule is COc1ccc(Cl)cc1N1C[C@@H](c2nc3ccccc3n2CCC(C)C)CC1=O. The van der Waals surface area contributed by atoms with Crippen LogP contribution in [0.3, 0.4) is 0 Å². The lowest BCUT2D eigenvalue weighted by Crippen LogP contribution is -2.25. The second kappa shape index (κ2) is 8.07. The van der Waals surface area contributed by atoms with Gasteiger partial charge < -0.3 is 14.2 Å². The number of aromatic nitrogens is 2. The fraction of sp³-hybridized carbons (Fsp3) is 0.391. The molecular formula is C23H26ClN3O2. The predicted octanol–water partition coefficient (Wildman–Crippen LogP) is 5.26. The van der Waals surface area contributed by atoms with Crippen molar-refractivity contribution < 1.29 is 9.53 Å². The molecule has 0 spiro atoms. The molecule has 1 aliphatic rings. The van der Waals surface area contributed by atoms with Crippen LogP contribution in [-0.4, -0.2) is 29.1 Å². The Hall–Kier alpha value is -2.53. The topological polar surface area (TPSA) is 47.4 Å². The number of aryl methyl sites for hydroxylation is 1. The monoisotopic (exact) mass is 411 g/mol. The zero-order valence-corrected chi connectivity index (χ0v) is 17.8. The highest BCUT2D eigenvalue weighted by Crippen LogP contribution is 2.38. The van der Waals surface area contributed by atoms with Crippen LogP contribution in [0.4, 0.5) is 5.69 Å². The van der Waals surface area contributed by atoms with Crippen LogP contribution in [0.25, 0.3) is 11.0 Å². The number of fused-ring (bicyclic) bond motifs is 1. The molecule has 0 saturated carbocycles. The predicted molar refractivity (Wildman–Crippen MR) is 117 cm³/mol. The van der Waals surface area contributed by atoms with Crippen molar-refractivity contribution in [2.75, 3.05) is 18.6 Å². The highest BCUT2D eigenvalue weighted by Gasteiger charge is 2.36. The van der Waals surface area contributed by atoms with Gasteiger partial charge in [0.15, 0.2) is 0 Å². The molecule has 0 radical (unpaired) electrons. The number of ether oxygens (including phenoxy) is 1. The molecule has 1 amide bonds. The number of methoxy groups -OCH3 is 1. The molecule has 5 nitrogen and oxygen atoms in total. The maximum atomic E-state index is 12.9. The van der Waals surface area contributed by atoms with Crippen molar-refractivity contribution >= 4 is 34.2 Å². The standard InChI is InChI=1S/C23H26ClN3O2/c1-15(2)10-11-26-19-7-5-4-6-18(19)25-23(26)16-12-22(28)27(14-16)20-13-17(24)8-9-21(20)29-3/h4-9,13,15-16H,10-12,14H2,1-3H3/t16-/m0/s1. The fourth-order valence-electron chi connectivity index (χ4n) is 4.02. The van der Waals surface area contributed by atoms with Gasteiger partial charge in [0.25, 0.3) is 0 Å². The highest BCUT2D eigenvalue weighted by atomic mass is 35.5. The van der Waals surface area contributed by atoms with Gasteiger partial charge in [-0.05, 0) is 42.7 Å². The van der Waals surface area contributed by atoms with Gasteiger partial charge in [0.1, 0.15) is 11.6 Å². The van der Waals surface area contributed by atoms with Crippen molar-refractivity contribution in [3.05, 3.63) is 53.3 Å². The highest BCUT2D eigenvalue weighted by molar-refractivity contribution is 6.31. The van der Waals surface area contributed by atoms with Gasteiger partial charge in [-0.3, -0.25) is 4.79 Å². The van der Waals surface area contributed by atoms with E-state index in [1.165, 1.54) is 0 Å². The quantitative estimate of drug-likeness (QED) is 0.555. The molecule has 1 aliphatic heterocycles. The number of anilines is 1. The third-order valence-electron chi connectivity index (χ3n) is 5.54. The van der Waals surface area contributed by atoms with Crippen molar-refractivity contribution in [2.24, 2.45) is 5.92 Å². The molecule has 0 bridgehead atoms. The molecule has 0 N–H and O–H groups in total. The molecule has 2 heterocycles. The van der Waals surface area contributed by atoms with Crippen molar-refractivity contribution in [1.82, 2.24) is 9.55 Å². The van der Waals surface area contributed by atoms with Gasteiger partial charge in [0, 0.05) is 30.5 Å². The van der Waals surface area contributed by atoms with E-state index in [1.807, 2.05) is 18.2 Å². The second-order valence-corrected chi connectivity index (χ2v) is 8.45. The second-order valence-electron chi connectivity index (χ2n) is 8.01. The summed E-state index contributed by atoms with van der Waals surface area (Å²) in [6.07, 6.45) is 1.50. The average Bonchev–Trinajstić information content (AvgIpc) is 3.26. The summed E-state index contributed by atoms with van der Waals surface area (Å²) in [4.78, 5) is 19.6. The molecule has 152 valence electrons. The first-order chi connectivity index (χ1) is 14.0. The van der Waals surface area contributed by atoms with E-state index in [0.29, 0.717) is 29.7 Å². The van der Waals surface area contributed by atoms with E-state index >= 15 is 0 Å². The summed E-state index contributed by atoms with van der Waals surface area (Å²) in [5.41, 5.74) is 2.84. The first-order valence-corrected chi connectivity index (χ1v) is 10.4. The Bertz CT molecular complexity index is 1040. The fourth-order valence-corrected chi connectivity index (χ4v) is 4.18. The Balaban J connectivity index is 1.70. The van der Waals surface area contributed by atoms with Gasteiger partial charge in [0.05, 0.1) is 23.8 Å². The number of amides is 1. The van der Waals surface area contributed by atoms with Crippen LogP contribution in [0, 0.1) is 5.92 Å². The summed E-state index contributed by atoms with van der Waals surface area (Å²) in [5, 5.41) is 0.584. The molecule has 0 unspecified atom stereocenters. The van der Waals surface area contributed by atoms with Crippen LogP contribution in [0.1, 0.15) is 38.4 Å². The molecule has 2 aromatic carbocycles. The van der Waals surface area contributed by atoms with Crippen LogP contribution < -0.4 is 9.64 Å². The molecule has 1 fully saturated rings. The van der Waals surface area contributed by atoms with Gasteiger partial charge in [0.2, 0.25) is 5.91 Å².